The predicted octanol–water partition coefficient (Wildman–Crippen LogP) is 4.02. The highest BCUT2D eigenvalue weighted by molar-refractivity contribution is 6.42. The maximum atomic E-state index is 6.13. The molecular weight excluding hydrogens is 331 g/mol. The topological polar surface area (TPSA) is 35.6 Å². The molecule has 3 rings (SSSR count). The molecule has 0 unspecified atom stereocenters. The van der Waals surface area contributed by atoms with Gasteiger partial charge in [0.05, 0.1) is 27.6 Å². The summed E-state index contributed by atoms with van der Waals surface area (Å²) in [6.07, 6.45) is 4.40. The Balaban J connectivity index is 2.00. The van der Waals surface area contributed by atoms with Gasteiger partial charge in [-0.05, 0) is 18.2 Å². The highest BCUT2D eigenvalue weighted by Crippen LogP contribution is 2.28. The molecule has 1 aromatic carbocycles. The minimum absolute atomic E-state index is 0.512. The number of nitrogens with zero attached hydrogens (tertiary/aromatic N) is 4. The largest absolute Gasteiger partial charge is 0.326 e. The highest BCUT2D eigenvalue weighted by Gasteiger charge is 2.12. The smallest absolute Gasteiger partial charge is 0.111 e. The molecule has 0 saturated carbocycles. The summed E-state index contributed by atoms with van der Waals surface area (Å²) in [7, 11) is 0. The molecular formula is C14H13Cl3N4. The SMILES string of the molecule is ClCCc1nc2cc(Cl)c(Cl)cc2n1CCn1cccn1. The third kappa shape index (κ3) is 3.03. The van der Waals surface area contributed by atoms with Crippen molar-refractivity contribution >= 4 is 45.8 Å². The van der Waals surface area contributed by atoms with Gasteiger partial charge >= 0.3 is 0 Å². The summed E-state index contributed by atoms with van der Waals surface area (Å²) in [4.78, 5) is 4.61. The van der Waals surface area contributed by atoms with Crippen LogP contribution in [0.25, 0.3) is 11.0 Å². The van der Waals surface area contributed by atoms with Crippen molar-refractivity contribution in [3.8, 4) is 0 Å². The molecule has 4 nitrogen and oxygen atoms in total. The van der Waals surface area contributed by atoms with Gasteiger partial charge in [0.1, 0.15) is 5.82 Å². The van der Waals surface area contributed by atoms with Crippen LogP contribution in [0.2, 0.25) is 10.0 Å². The maximum Gasteiger partial charge on any atom is 0.111 e. The van der Waals surface area contributed by atoms with Gasteiger partial charge in [-0.3, -0.25) is 4.68 Å². The zero-order chi connectivity index (χ0) is 14.8. The van der Waals surface area contributed by atoms with E-state index in [1.165, 1.54) is 0 Å². The Bertz CT molecular complexity index is 749. The fraction of sp³-hybridized carbons (Fsp3) is 0.286. The molecule has 0 spiro atoms. The molecule has 0 radical (unpaired) electrons. The maximum absolute atomic E-state index is 6.13. The van der Waals surface area contributed by atoms with Crippen molar-refractivity contribution < 1.29 is 0 Å². The van der Waals surface area contributed by atoms with Gasteiger partial charge in [0, 0.05) is 31.2 Å². The quantitative estimate of drug-likeness (QED) is 0.656. The number of aromatic nitrogens is 4. The Morgan fingerprint density at radius 2 is 1.90 bits per heavy atom. The van der Waals surface area contributed by atoms with Crippen molar-refractivity contribution in [1.29, 1.82) is 0 Å². The summed E-state index contributed by atoms with van der Waals surface area (Å²) in [5.74, 6) is 1.46. The van der Waals surface area contributed by atoms with Crippen LogP contribution in [0.15, 0.2) is 30.6 Å². The molecule has 0 amide bonds. The molecule has 0 aliphatic rings. The number of rotatable bonds is 5. The lowest BCUT2D eigenvalue weighted by Gasteiger charge is -2.09. The van der Waals surface area contributed by atoms with Crippen LogP contribution in [-0.2, 0) is 19.5 Å². The van der Waals surface area contributed by atoms with Crippen LogP contribution in [0.1, 0.15) is 5.82 Å². The monoisotopic (exact) mass is 342 g/mol. The number of fused-ring (bicyclic) bond motifs is 1. The van der Waals surface area contributed by atoms with Gasteiger partial charge in [-0.25, -0.2) is 4.98 Å². The van der Waals surface area contributed by atoms with Crippen LogP contribution in [0.3, 0.4) is 0 Å². The number of benzene rings is 1. The fourth-order valence-corrected chi connectivity index (χ4v) is 2.81. The van der Waals surface area contributed by atoms with Crippen LogP contribution in [0.4, 0.5) is 0 Å². The van der Waals surface area contributed by atoms with Crippen molar-refractivity contribution in [2.75, 3.05) is 5.88 Å². The zero-order valence-electron chi connectivity index (χ0n) is 11.1. The lowest BCUT2D eigenvalue weighted by atomic mass is 10.3. The molecule has 0 atom stereocenters. The Labute approximate surface area is 137 Å². The zero-order valence-corrected chi connectivity index (χ0v) is 13.4. The number of hydrogen-bond acceptors (Lipinski definition) is 2. The van der Waals surface area contributed by atoms with Gasteiger partial charge in [0.15, 0.2) is 0 Å². The first-order valence-corrected chi connectivity index (χ1v) is 7.85. The summed E-state index contributed by atoms with van der Waals surface area (Å²) in [5.41, 5.74) is 1.81. The molecule has 2 heterocycles. The third-order valence-electron chi connectivity index (χ3n) is 3.30. The van der Waals surface area contributed by atoms with E-state index in [4.69, 9.17) is 34.8 Å². The van der Waals surface area contributed by atoms with Crippen LogP contribution >= 0.6 is 34.8 Å². The predicted molar refractivity (Wildman–Crippen MR) is 86.4 cm³/mol. The molecule has 3 aromatic rings. The first-order chi connectivity index (χ1) is 10.2. The summed E-state index contributed by atoms with van der Waals surface area (Å²) in [5, 5.41) is 5.25. The first-order valence-electron chi connectivity index (χ1n) is 6.56. The molecule has 0 N–H and O–H groups in total. The van der Waals surface area contributed by atoms with Crippen molar-refractivity contribution in [1.82, 2.24) is 19.3 Å². The molecule has 0 bridgehead atoms. The van der Waals surface area contributed by atoms with E-state index in [0.717, 1.165) is 29.9 Å². The molecule has 0 aliphatic heterocycles. The third-order valence-corrected chi connectivity index (χ3v) is 4.21. The van der Waals surface area contributed by atoms with Crippen molar-refractivity contribution in [3.05, 3.63) is 46.5 Å². The summed E-state index contributed by atoms with van der Waals surface area (Å²) in [6.45, 7) is 1.51. The molecule has 0 fully saturated rings. The summed E-state index contributed by atoms with van der Waals surface area (Å²) >= 11 is 18.1. The van der Waals surface area contributed by atoms with Crippen molar-refractivity contribution in [2.24, 2.45) is 0 Å². The Morgan fingerprint density at radius 3 is 2.62 bits per heavy atom. The normalized spacial score (nSPS) is 11.4. The van der Waals surface area contributed by atoms with E-state index in [9.17, 15) is 0 Å². The molecule has 0 saturated heterocycles. The Morgan fingerprint density at radius 1 is 1.10 bits per heavy atom. The van der Waals surface area contributed by atoms with Crippen molar-refractivity contribution in [3.63, 3.8) is 0 Å². The molecule has 21 heavy (non-hydrogen) atoms. The minimum atomic E-state index is 0.512. The lowest BCUT2D eigenvalue weighted by Crippen LogP contribution is -2.11. The van der Waals surface area contributed by atoms with Crippen LogP contribution < -0.4 is 0 Å². The van der Waals surface area contributed by atoms with Gasteiger partial charge in [0.2, 0.25) is 0 Å². The van der Waals surface area contributed by atoms with Gasteiger partial charge in [-0.1, -0.05) is 23.2 Å². The van der Waals surface area contributed by atoms with Gasteiger partial charge < -0.3 is 4.57 Å². The van der Waals surface area contributed by atoms with Crippen molar-refractivity contribution in [2.45, 2.75) is 19.5 Å². The average Bonchev–Trinajstić information content (AvgIpc) is 3.06. The first kappa shape index (κ1) is 14.7. The number of imidazole rings is 1. The second-order valence-electron chi connectivity index (χ2n) is 4.64. The second-order valence-corrected chi connectivity index (χ2v) is 5.84. The second kappa shape index (κ2) is 6.26. The average molecular weight is 344 g/mol. The van der Waals surface area contributed by atoms with E-state index in [2.05, 4.69) is 14.6 Å². The van der Waals surface area contributed by atoms with Gasteiger partial charge in [0.25, 0.3) is 0 Å². The lowest BCUT2D eigenvalue weighted by molar-refractivity contribution is 0.530. The van der Waals surface area contributed by atoms with E-state index >= 15 is 0 Å². The molecule has 0 aliphatic carbocycles. The highest BCUT2D eigenvalue weighted by atomic mass is 35.5. The fourth-order valence-electron chi connectivity index (χ4n) is 2.33. The molecule has 110 valence electrons. The number of aryl methyl sites for hydroxylation is 3. The van der Waals surface area contributed by atoms with Crippen LogP contribution in [-0.4, -0.2) is 25.2 Å². The van der Waals surface area contributed by atoms with Crippen LogP contribution in [0, 0.1) is 0 Å². The standard InChI is InChI=1S/C14H13Cl3N4/c15-3-2-14-19-12-8-10(16)11(17)9-13(12)21(14)7-6-20-5-1-4-18-20/h1,4-5,8-9H,2-3,6-7H2. The Kier molecular flexibility index (Phi) is 4.38. The number of halogens is 3. The van der Waals surface area contributed by atoms with Gasteiger partial charge in [-0.2, -0.15) is 5.10 Å². The molecule has 2 aromatic heterocycles. The summed E-state index contributed by atoms with van der Waals surface area (Å²) in [6, 6.07) is 5.55. The molecule has 7 heteroatoms. The van der Waals surface area contributed by atoms with E-state index in [-0.39, 0.29) is 0 Å². The number of alkyl halides is 1. The van der Waals surface area contributed by atoms with E-state index < -0.39 is 0 Å². The summed E-state index contributed by atoms with van der Waals surface area (Å²) < 4.78 is 4.01. The van der Waals surface area contributed by atoms with E-state index in [0.29, 0.717) is 22.3 Å². The van der Waals surface area contributed by atoms with Gasteiger partial charge in [-0.15, -0.1) is 11.6 Å². The van der Waals surface area contributed by atoms with Crippen LogP contribution in [0.5, 0.6) is 0 Å². The minimum Gasteiger partial charge on any atom is -0.326 e. The number of hydrogen-bond donors (Lipinski definition) is 0. The van der Waals surface area contributed by atoms with E-state index in [1.54, 1.807) is 12.3 Å². The van der Waals surface area contributed by atoms with E-state index in [1.807, 2.05) is 23.0 Å². The Hall–Kier alpha value is -1.23.